The zero-order valence-electron chi connectivity index (χ0n) is 22.4. The summed E-state index contributed by atoms with van der Waals surface area (Å²) in [7, 11) is -0.704. The van der Waals surface area contributed by atoms with Crippen LogP contribution in [-0.4, -0.2) is 56.9 Å². The van der Waals surface area contributed by atoms with Gasteiger partial charge in [0.1, 0.15) is 5.76 Å². The molecule has 0 spiro atoms. The first-order valence-corrected chi connectivity index (χ1v) is 14.0. The van der Waals surface area contributed by atoms with Crippen LogP contribution >= 0.6 is 0 Å². The maximum Gasteiger partial charge on any atom is 0.238 e. The summed E-state index contributed by atoms with van der Waals surface area (Å²) in [5.74, 6) is 1.54. The highest BCUT2D eigenvalue weighted by atomic mass is 32.2. The van der Waals surface area contributed by atoms with Crippen LogP contribution in [0.2, 0.25) is 0 Å². The molecule has 0 radical (unpaired) electrons. The number of nitrogens with zero attached hydrogens (tertiary/aromatic N) is 2. The van der Waals surface area contributed by atoms with Gasteiger partial charge in [0.2, 0.25) is 15.9 Å². The van der Waals surface area contributed by atoms with E-state index in [4.69, 9.17) is 13.9 Å². The molecule has 3 aromatic rings. The van der Waals surface area contributed by atoms with Crippen LogP contribution in [0.4, 0.5) is 0 Å². The second-order valence-corrected chi connectivity index (χ2v) is 10.7. The van der Waals surface area contributed by atoms with Gasteiger partial charge in [0.15, 0.2) is 11.5 Å². The van der Waals surface area contributed by atoms with Gasteiger partial charge in [-0.3, -0.25) is 4.79 Å². The Labute approximate surface area is 225 Å². The summed E-state index contributed by atoms with van der Waals surface area (Å²) in [5.41, 5.74) is 1.72. The number of methoxy groups -OCH3 is 2. The number of benzene rings is 2. The highest BCUT2D eigenvalue weighted by Crippen LogP contribution is 2.28. The first-order chi connectivity index (χ1) is 18.3. The van der Waals surface area contributed by atoms with E-state index >= 15 is 0 Å². The highest BCUT2D eigenvalue weighted by molar-refractivity contribution is 7.92. The fourth-order valence-corrected chi connectivity index (χ4v) is 5.35. The maximum absolute atomic E-state index is 13.6. The number of carbonyl (C=O) groups is 1. The van der Waals surface area contributed by atoms with E-state index in [1.165, 1.54) is 9.71 Å². The largest absolute Gasteiger partial charge is 0.493 e. The fourth-order valence-electron chi connectivity index (χ4n) is 3.92. The second kappa shape index (κ2) is 13.8. The van der Waals surface area contributed by atoms with Crippen LogP contribution in [0.1, 0.15) is 37.2 Å². The Hall–Kier alpha value is -3.56. The van der Waals surface area contributed by atoms with Gasteiger partial charge < -0.3 is 18.8 Å². The van der Waals surface area contributed by atoms with Crippen molar-refractivity contribution in [3.05, 3.63) is 89.2 Å². The lowest BCUT2D eigenvalue weighted by atomic mass is 10.1. The molecule has 0 saturated heterocycles. The predicted molar refractivity (Wildman–Crippen MR) is 148 cm³/mol. The molecule has 1 aromatic heterocycles. The normalized spacial score (nSPS) is 12.6. The van der Waals surface area contributed by atoms with Crippen molar-refractivity contribution in [2.24, 2.45) is 0 Å². The van der Waals surface area contributed by atoms with Gasteiger partial charge in [0.25, 0.3) is 0 Å². The number of sulfonamides is 1. The summed E-state index contributed by atoms with van der Waals surface area (Å²) >= 11 is 0. The lowest BCUT2D eigenvalue weighted by Gasteiger charge is -2.29. The summed E-state index contributed by atoms with van der Waals surface area (Å²) < 4.78 is 44.1. The molecular weight excluding hydrogens is 504 g/mol. The van der Waals surface area contributed by atoms with Crippen molar-refractivity contribution in [2.75, 3.05) is 27.3 Å². The Morgan fingerprint density at radius 3 is 2.39 bits per heavy atom. The standard InChI is InChI=1S/C29H36N2O6S/c1-5-23(2)31(38(33,34)19-16-24-10-7-6-8-11-24)22-29(32)30(21-26-12-9-18-37-26)17-15-25-13-14-27(35-3)28(20-25)36-4/h6-14,16,18-20,23H,5,15,17,21-22H2,1-4H3. The van der Waals surface area contributed by atoms with Crippen LogP contribution in [0.25, 0.3) is 6.08 Å². The van der Waals surface area contributed by atoms with Crippen LogP contribution in [0.3, 0.4) is 0 Å². The van der Waals surface area contributed by atoms with Crippen molar-refractivity contribution < 1.29 is 27.1 Å². The molecule has 38 heavy (non-hydrogen) atoms. The van der Waals surface area contributed by atoms with Gasteiger partial charge in [-0.05, 0) is 61.2 Å². The number of rotatable bonds is 14. The topological polar surface area (TPSA) is 89.3 Å². The van der Waals surface area contributed by atoms with Crippen molar-refractivity contribution in [1.82, 2.24) is 9.21 Å². The SMILES string of the molecule is CCC(C)N(CC(=O)N(CCc1ccc(OC)c(OC)c1)Cc1ccco1)S(=O)(=O)C=Cc1ccccc1. The molecular formula is C29H36N2O6S. The average Bonchev–Trinajstić information content (AvgIpc) is 3.46. The third kappa shape index (κ3) is 7.97. The molecule has 204 valence electrons. The molecule has 1 unspecified atom stereocenters. The number of hydrogen-bond donors (Lipinski definition) is 0. The Balaban J connectivity index is 1.81. The molecule has 1 heterocycles. The molecule has 8 nitrogen and oxygen atoms in total. The van der Waals surface area contributed by atoms with Crippen molar-refractivity contribution in [2.45, 2.75) is 39.3 Å². The quantitative estimate of drug-likeness (QED) is 0.287. The zero-order valence-corrected chi connectivity index (χ0v) is 23.2. The van der Waals surface area contributed by atoms with E-state index in [9.17, 15) is 13.2 Å². The summed E-state index contributed by atoms with van der Waals surface area (Å²) in [6.45, 7) is 4.03. The Morgan fingerprint density at radius 2 is 1.76 bits per heavy atom. The molecule has 9 heteroatoms. The van der Waals surface area contributed by atoms with Crippen molar-refractivity contribution >= 4 is 22.0 Å². The molecule has 0 bridgehead atoms. The summed E-state index contributed by atoms with van der Waals surface area (Å²) in [6, 6.07) is 18.0. The Morgan fingerprint density at radius 1 is 1.03 bits per heavy atom. The van der Waals surface area contributed by atoms with Gasteiger partial charge in [0, 0.05) is 18.0 Å². The molecule has 0 saturated carbocycles. The number of carbonyl (C=O) groups excluding carboxylic acids is 1. The predicted octanol–water partition coefficient (Wildman–Crippen LogP) is 4.97. The fraction of sp³-hybridized carbons (Fsp3) is 0.345. The molecule has 2 aromatic carbocycles. The minimum absolute atomic E-state index is 0.230. The molecule has 0 aliphatic heterocycles. The van der Waals surface area contributed by atoms with E-state index < -0.39 is 10.0 Å². The monoisotopic (exact) mass is 540 g/mol. The lowest BCUT2D eigenvalue weighted by molar-refractivity contribution is -0.132. The number of amides is 1. The number of ether oxygens (including phenoxy) is 2. The van der Waals surface area contributed by atoms with Crippen LogP contribution in [0.5, 0.6) is 11.5 Å². The zero-order chi connectivity index (χ0) is 27.5. The number of furan rings is 1. The summed E-state index contributed by atoms with van der Waals surface area (Å²) in [5, 5.41) is 1.17. The van der Waals surface area contributed by atoms with Crippen molar-refractivity contribution in [3.8, 4) is 11.5 Å². The van der Waals surface area contributed by atoms with E-state index in [0.29, 0.717) is 36.6 Å². The van der Waals surface area contributed by atoms with E-state index in [1.807, 2.05) is 62.4 Å². The lowest BCUT2D eigenvalue weighted by Crippen LogP contribution is -2.46. The van der Waals surface area contributed by atoms with Gasteiger partial charge >= 0.3 is 0 Å². The third-order valence-electron chi connectivity index (χ3n) is 6.33. The van der Waals surface area contributed by atoms with Crippen LogP contribution in [-0.2, 0) is 27.8 Å². The minimum Gasteiger partial charge on any atom is -0.493 e. The van der Waals surface area contributed by atoms with Gasteiger partial charge in [-0.15, -0.1) is 0 Å². The van der Waals surface area contributed by atoms with E-state index in [1.54, 1.807) is 43.6 Å². The molecule has 1 amide bonds. The molecule has 0 fully saturated rings. The Kier molecular flexibility index (Phi) is 10.6. The summed E-state index contributed by atoms with van der Waals surface area (Å²) in [6.07, 6.45) is 4.20. The van der Waals surface area contributed by atoms with Crippen LogP contribution in [0.15, 0.2) is 76.8 Å². The third-order valence-corrected chi connectivity index (χ3v) is 7.95. The molecule has 1 atom stereocenters. The number of hydrogen-bond acceptors (Lipinski definition) is 6. The molecule has 0 N–H and O–H groups in total. The first-order valence-electron chi connectivity index (χ1n) is 12.5. The Bertz CT molecular complexity index is 1290. The van der Waals surface area contributed by atoms with Crippen molar-refractivity contribution in [1.29, 1.82) is 0 Å². The smallest absolute Gasteiger partial charge is 0.238 e. The van der Waals surface area contributed by atoms with Gasteiger partial charge in [0.05, 0.1) is 33.6 Å². The van der Waals surface area contributed by atoms with Crippen molar-refractivity contribution in [3.63, 3.8) is 0 Å². The highest BCUT2D eigenvalue weighted by Gasteiger charge is 2.29. The molecule has 0 aliphatic rings. The molecule has 3 rings (SSSR count). The average molecular weight is 541 g/mol. The van der Waals surface area contributed by atoms with E-state index in [-0.39, 0.29) is 25.0 Å². The van der Waals surface area contributed by atoms with E-state index in [2.05, 4.69) is 0 Å². The van der Waals surface area contributed by atoms with Gasteiger partial charge in [-0.2, -0.15) is 4.31 Å². The first kappa shape index (κ1) is 29.0. The second-order valence-electron chi connectivity index (χ2n) is 8.89. The summed E-state index contributed by atoms with van der Waals surface area (Å²) in [4.78, 5) is 15.2. The minimum atomic E-state index is -3.85. The van der Waals surface area contributed by atoms with Crippen LogP contribution < -0.4 is 9.47 Å². The van der Waals surface area contributed by atoms with Gasteiger partial charge in [-0.25, -0.2) is 8.42 Å². The van der Waals surface area contributed by atoms with E-state index in [0.717, 1.165) is 11.1 Å². The van der Waals surface area contributed by atoms with Gasteiger partial charge in [-0.1, -0.05) is 43.3 Å². The molecule has 0 aliphatic carbocycles. The van der Waals surface area contributed by atoms with Crippen LogP contribution in [0, 0.1) is 0 Å². The maximum atomic E-state index is 13.6.